The van der Waals surface area contributed by atoms with Crippen LogP contribution in [0.25, 0.3) is 10.8 Å². The van der Waals surface area contributed by atoms with Crippen molar-refractivity contribution in [2.45, 2.75) is 19.9 Å². The minimum Gasteiger partial charge on any atom is -0.344 e. The fourth-order valence-electron chi connectivity index (χ4n) is 3.66. The number of rotatable bonds is 9. The van der Waals surface area contributed by atoms with Gasteiger partial charge in [-0.2, -0.15) is 0 Å². The third-order valence-corrected chi connectivity index (χ3v) is 5.90. The average Bonchev–Trinajstić information content (AvgIpc) is 2.75. The summed E-state index contributed by atoms with van der Waals surface area (Å²) in [5, 5.41) is 5.44. The molecule has 172 valence electrons. The maximum Gasteiger partial charge on any atom is 0.251 e. The lowest BCUT2D eigenvalue weighted by Crippen LogP contribution is -2.38. The number of hydrogen-bond donors (Lipinski definition) is 2. The van der Waals surface area contributed by atoms with Gasteiger partial charge in [-0.3, -0.25) is 9.52 Å². The molecular weight excluding hydrogens is 446 g/mol. The molecule has 0 aliphatic carbocycles. The molecule has 0 spiro atoms. The molecular formula is C24H30ClN3O3S. The highest BCUT2D eigenvalue weighted by Gasteiger charge is 2.20. The molecule has 1 unspecified atom stereocenters. The molecule has 0 saturated heterocycles. The molecule has 3 aromatic rings. The van der Waals surface area contributed by atoms with Crippen molar-refractivity contribution in [1.29, 1.82) is 0 Å². The zero-order valence-corrected chi connectivity index (χ0v) is 20.2. The Kier molecular flexibility index (Phi) is 9.07. The molecule has 0 radical (unpaired) electrons. The topological polar surface area (TPSA) is 78.5 Å². The summed E-state index contributed by atoms with van der Waals surface area (Å²) in [5.41, 5.74) is 1.98. The van der Waals surface area contributed by atoms with Crippen molar-refractivity contribution < 1.29 is 13.2 Å². The standard InChI is InChI=1S/C24H29N3O3S.ClH/c1-4-27(5-2)17-23(22-12-8-10-18-9-6-7-11-21(18)22)25-24(28)19-13-15-20(16-14-19)26-31(3,29)30;/h6-16,23,26H,4-5,17H2,1-3H3,(H,25,28);1H. The third kappa shape index (κ3) is 6.69. The van der Waals surface area contributed by atoms with Gasteiger partial charge in [0.25, 0.3) is 5.91 Å². The van der Waals surface area contributed by atoms with Crippen LogP contribution in [0.1, 0.15) is 35.8 Å². The molecule has 8 heteroatoms. The van der Waals surface area contributed by atoms with E-state index >= 15 is 0 Å². The molecule has 32 heavy (non-hydrogen) atoms. The number of fused-ring (bicyclic) bond motifs is 1. The quantitative estimate of drug-likeness (QED) is 0.479. The van der Waals surface area contributed by atoms with E-state index in [4.69, 9.17) is 0 Å². The smallest absolute Gasteiger partial charge is 0.251 e. The van der Waals surface area contributed by atoms with Crippen LogP contribution in [-0.2, 0) is 10.0 Å². The molecule has 0 saturated carbocycles. The largest absolute Gasteiger partial charge is 0.344 e. The van der Waals surface area contributed by atoms with E-state index in [0.29, 0.717) is 17.8 Å². The predicted octanol–water partition coefficient (Wildman–Crippen LogP) is 4.45. The van der Waals surface area contributed by atoms with Crippen LogP contribution in [0.5, 0.6) is 0 Å². The van der Waals surface area contributed by atoms with Crippen molar-refractivity contribution in [1.82, 2.24) is 10.2 Å². The summed E-state index contributed by atoms with van der Waals surface area (Å²) in [6, 6.07) is 20.6. The second-order valence-corrected chi connectivity index (χ2v) is 9.28. The van der Waals surface area contributed by atoms with E-state index in [-0.39, 0.29) is 24.4 Å². The van der Waals surface area contributed by atoms with Gasteiger partial charge in [-0.15, -0.1) is 12.4 Å². The highest BCUT2D eigenvalue weighted by molar-refractivity contribution is 7.92. The number of amides is 1. The SMILES string of the molecule is CCN(CC)CC(NC(=O)c1ccc(NS(C)(=O)=O)cc1)c1cccc2ccccc12.Cl. The maximum absolute atomic E-state index is 13.1. The van der Waals surface area contributed by atoms with Crippen molar-refractivity contribution in [3.8, 4) is 0 Å². The van der Waals surface area contributed by atoms with Crippen molar-refractivity contribution in [3.05, 3.63) is 77.9 Å². The molecule has 0 aliphatic heterocycles. The monoisotopic (exact) mass is 475 g/mol. The molecule has 0 aromatic heterocycles. The predicted molar refractivity (Wildman–Crippen MR) is 134 cm³/mol. The Morgan fingerprint density at radius 1 is 0.938 bits per heavy atom. The number of anilines is 1. The van der Waals surface area contributed by atoms with Gasteiger partial charge in [0.15, 0.2) is 0 Å². The van der Waals surface area contributed by atoms with Crippen LogP contribution in [0.2, 0.25) is 0 Å². The fourth-order valence-corrected chi connectivity index (χ4v) is 4.23. The lowest BCUT2D eigenvalue weighted by atomic mass is 9.97. The normalized spacial score (nSPS) is 12.2. The Morgan fingerprint density at radius 2 is 1.56 bits per heavy atom. The number of hydrogen-bond acceptors (Lipinski definition) is 4. The Morgan fingerprint density at radius 3 is 2.19 bits per heavy atom. The summed E-state index contributed by atoms with van der Waals surface area (Å²) < 4.78 is 25.2. The molecule has 0 heterocycles. The van der Waals surface area contributed by atoms with E-state index in [2.05, 4.69) is 53.1 Å². The van der Waals surface area contributed by atoms with Gasteiger partial charge in [0.2, 0.25) is 10.0 Å². The van der Waals surface area contributed by atoms with Gasteiger partial charge in [0.1, 0.15) is 0 Å². The minimum atomic E-state index is -3.36. The first-order valence-corrected chi connectivity index (χ1v) is 12.3. The van der Waals surface area contributed by atoms with Crippen LogP contribution in [0.3, 0.4) is 0 Å². The minimum absolute atomic E-state index is 0. The van der Waals surface area contributed by atoms with Crippen molar-refractivity contribution >= 4 is 44.8 Å². The molecule has 6 nitrogen and oxygen atoms in total. The van der Waals surface area contributed by atoms with Gasteiger partial charge in [0, 0.05) is 17.8 Å². The van der Waals surface area contributed by atoms with E-state index in [1.165, 1.54) is 0 Å². The van der Waals surface area contributed by atoms with Gasteiger partial charge in [-0.1, -0.05) is 56.3 Å². The fraction of sp³-hybridized carbons (Fsp3) is 0.292. The van der Waals surface area contributed by atoms with Crippen molar-refractivity contribution in [3.63, 3.8) is 0 Å². The van der Waals surface area contributed by atoms with E-state index in [1.54, 1.807) is 24.3 Å². The zero-order chi connectivity index (χ0) is 22.4. The van der Waals surface area contributed by atoms with Crippen molar-refractivity contribution in [2.75, 3.05) is 30.6 Å². The Hall–Kier alpha value is -2.61. The van der Waals surface area contributed by atoms with E-state index in [1.807, 2.05) is 18.2 Å². The number of sulfonamides is 1. The number of likely N-dealkylation sites (N-methyl/N-ethyl adjacent to an activating group) is 1. The van der Waals surface area contributed by atoms with Crippen LogP contribution in [0.15, 0.2) is 66.7 Å². The second kappa shape index (κ2) is 11.3. The molecule has 0 fully saturated rings. The Balaban J connectivity index is 0.00000363. The number of nitrogens with zero attached hydrogens (tertiary/aromatic N) is 1. The number of carbonyl (C=O) groups excluding carboxylic acids is 1. The average molecular weight is 476 g/mol. The summed E-state index contributed by atoms with van der Waals surface area (Å²) in [7, 11) is -3.36. The van der Waals surface area contributed by atoms with Crippen LogP contribution in [-0.4, -0.2) is 45.1 Å². The molecule has 3 aromatic carbocycles. The van der Waals surface area contributed by atoms with E-state index in [0.717, 1.165) is 35.7 Å². The van der Waals surface area contributed by atoms with Gasteiger partial charge in [-0.05, 0) is 53.7 Å². The molecule has 3 rings (SSSR count). The Labute approximate surface area is 196 Å². The molecule has 0 aliphatic rings. The summed E-state index contributed by atoms with van der Waals surface area (Å²) in [5.74, 6) is -0.198. The van der Waals surface area contributed by atoms with Crippen LogP contribution >= 0.6 is 12.4 Å². The molecule has 1 atom stereocenters. The Bertz CT molecular complexity index is 1140. The lowest BCUT2D eigenvalue weighted by molar-refractivity contribution is 0.0925. The summed E-state index contributed by atoms with van der Waals surface area (Å²) >= 11 is 0. The zero-order valence-electron chi connectivity index (χ0n) is 18.5. The van der Waals surface area contributed by atoms with Gasteiger partial charge < -0.3 is 10.2 Å². The highest BCUT2D eigenvalue weighted by atomic mass is 35.5. The third-order valence-electron chi connectivity index (χ3n) is 5.29. The molecule has 2 N–H and O–H groups in total. The summed E-state index contributed by atoms with van der Waals surface area (Å²) in [4.78, 5) is 15.3. The van der Waals surface area contributed by atoms with Crippen LogP contribution in [0, 0.1) is 0 Å². The summed E-state index contributed by atoms with van der Waals surface area (Å²) in [6.07, 6.45) is 1.09. The first kappa shape index (κ1) is 25.6. The molecule has 1 amide bonds. The maximum atomic E-state index is 13.1. The highest BCUT2D eigenvalue weighted by Crippen LogP contribution is 2.25. The van der Waals surface area contributed by atoms with Crippen LogP contribution < -0.4 is 10.0 Å². The number of nitrogens with one attached hydrogen (secondary N) is 2. The number of carbonyl (C=O) groups is 1. The van der Waals surface area contributed by atoms with Crippen LogP contribution in [0.4, 0.5) is 5.69 Å². The van der Waals surface area contributed by atoms with Gasteiger partial charge in [0.05, 0.1) is 12.3 Å². The van der Waals surface area contributed by atoms with Gasteiger partial charge >= 0.3 is 0 Å². The van der Waals surface area contributed by atoms with Gasteiger partial charge in [-0.25, -0.2) is 8.42 Å². The number of benzene rings is 3. The summed E-state index contributed by atoms with van der Waals surface area (Å²) in [6.45, 7) is 6.69. The first-order valence-electron chi connectivity index (χ1n) is 10.4. The molecule has 0 bridgehead atoms. The van der Waals surface area contributed by atoms with E-state index < -0.39 is 10.0 Å². The first-order chi connectivity index (χ1) is 14.8. The second-order valence-electron chi connectivity index (χ2n) is 7.53. The van der Waals surface area contributed by atoms with Crippen molar-refractivity contribution in [2.24, 2.45) is 0 Å². The number of halogens is 1. The lowest BCUT2D eigenvalue weighted by Gasteiger charge is -2.27. The van der Waals surface area contributed by atoms with E-state index in [9.17, 15) is 13.2 Å².